The molecule has 6 nitrogen and oxygen atoms in total. The summed E-state index contributed by atoms with van der Waals surface area (Å²) in [5, 5.41) is 11.1. The molecule has 0 amide bonds. The van der Waals surface area contributed by atoms with Gasteiger partial charge >= 0.3 is 5.97 Å². The normalized spacial score (nSPS) is 12.1. The zero-order chi connectivity index (χ0) is 10.7. The van der Waals surface area contributed by atoms with E-state index in [1.165, 1.54) is 6.07 Å². The number of hydrogen-bond acceptors (Lipinski definition) is 4. The molecule has 0 saturated heterocycles. The number of carboxylic acids is 1. The quantitative estimate of drug-likeness (QED) is 0.585. The van der Waals surface area contributed by atoms with Crippen molar-refractivity contribution in [3.63, 3.8) is 0 Å². The zero-order valence-corrected chi connectivity index (χ0v) is 7.52. The first-order chi connectivity index (χ1) is 6.56. The topological polar surface area (TPSA) is 104 Å². The van der Waals surface area contributed by atoms with Crippen LogP contribution in [-0.4, -0.2) is 19.8 Å². The van der Waals surface area contributed by atoms with E-state index in [0.717, 1.165) is 12.1 Å². The van der Waals surface area contributed by atoms with Crippen LogP contribution in [0.25, 0.3) is 0 Å². The van der Waals surface area contributed by atoms with E-state index in [1.54, 1.807) is 0 Å². The Bertz CT molecular complexity index is 417. The maximum Gasteiger partial charge on any atom is 0.338 e. The third-order valence-corrected chi connectivity index (χ3v) is 2.16. The summed E-state index contributed by atoms with van der Waals surface area (Å²) in [5.74, 6) is -1.37. The highest BCUT2D eigenvalue weighted by Gasteiger charge is 2.13. The second-order valence-corrected chi connectivity index (χ2v) is 3.29. The monoisotopic (exact) mass is 215 g/mol. The molecule has 0 saturated carbocycles. The smallest absolute Gasteiger partial charge is 0.338 e. The van der Waals surface area contributed by atoms with Crippen LogP contribution in [0.2, 0.25) is 0 Å². The molecule has 0 heterocycles. The highest BCUT2D eigenvalue weighted by atomic mass is 32.2. The first kappa shape index (κ1) is 10.5. The van der Waals surface area contributed by atoms with Crippen molar-refractivity contribution in [1.29, 1.82) is 0 Å². The highest BCUT2D eigenvalue weighted by molar-refractivity contribution is 7.79. The first-order valence-electron chi connectivity index (χ1n) is 3.38. The van der Waals surface area contributed by atoms with Crippen molar-refractivity contribution in [3.05, 3.63) is 28.7 Å². The molecule has 0 bridgehead atoms. The highest BCUT2D eigenvalue weighted by Crippen LogP contribution is 2.21. The summed E-state index contributed by atoms with van der Waals surface area (Å²) in [5.41, 5.74) is -0.661. The van der Waals surface area contributed by atoms with Gasteiger partial charge in [0.2, 0.25) is 0 Å². The SMILES string of the molecule is O=Nc1ccc(S(=O)O)cc1C(=O)O. The average molecular weight is 215 g/mol. The molecule has 1 unspecified atom stereocenters. The van der Waals surface area contributed by atoms with Crippen molar-refractivity contribution >= 4 is 22.7 Å². The minimum Gasteiger partial charge on any atom is -0.478 e. The van der Waals surface area contributed by atoms with Crippen molar-refractivity contribution in [2.75, 3.05) is 0 Å². The fraction of sp³-hybridized carbons (Fsp3) is 0. The maximum absolute atomic E-state index is 10.6. The van der Waals surface area contributed by atoms with Crippen LogP contribution in [0.5, 0.6) is 0 Å². The molecular formula is C7H5NO5S. The summed E-state index contributed by atoms with van der Waals surface area (Å²) in [6.07, 6.45) is 0. The van der Waals surface area contributed by atoms with E-state index in [1.807, 2.05) is 0 Å². The van der Waals surface area contributed by atoms with Crippen LogP contribution in [0, 0.1) is 4.91 Å². The zero-order valence-electron chi connectivity index (χ0n) is 6.71. The van der Waals surface area contributed by atoms with Gasteiger partial charge in [-0.1, -0.05) is 0 Å². The molecule has 7 heteroatoms. The summed E-state index contributed by atoms with van der Waals surface area (Å²) in [6, 6.07) is 3.19. The Morgan fingerprint density at radius 3 is 2.50 bits per heavy atom. The molecule has 74 valence electrons. The molecule has 0 aromatic heterocycles. The molecule has 0 aliphatic rings. The van der Waals surface area contributed by atoms with Gasteiger partial charge in [-0.2, -0.15) is 0 Å². The van der Waals surface area contributed by atoms with E-state index < -0.39 is 17.0 Å². The van der Waals surface area contributed by atoms with Crippen molar-refractivity contribution in [2.45, 2.75) is 4.90 Å². The molecular weight excluding hydrogens is 210 g/mol. The van der Waals surface area contributed by atoms with Crippen molar-refractivity contribution < 1.29 is 18.7 Å². The van der Waals surface area contributed by atoms with E-state index >= 15 is 0 Å². The first-order valence-corrected chi connectivity index (χ1v) is 4.48. The van der Waals surface area contributed by atoms with Gasteiger partial charge in [0.1, 0.15) is 5.69 Å². The largest absolute Gasteiger partial charge is 0.478 e. The number of nitrogens with zero attached hydrogens (tertiary/aromatic N) is 1. The van der Waals surface area contributed by atoms with Gasteiger partial charge in [0.05, 0.1) is 10.5 Å². The van der Waals surface area contributed by atoms with Gasteiger partial charge in [-0.15, -0.1) is 4.91 Å². The third kappa shape index (κ3) is 2.01. The molecule has 0 aliphatic heterocycles. The number of carboxylic acid groups (broad SMARTS) is 1. The summed E-state index contributed by atoms with van der Waals surface area (Å²) in [4.78, 5) is 20.6. The molecule has 0 radical (unpaired) electrons. The fourth-order valence-electron chi connectivity index (χ4n) is 0.875. The van der Waals surface area contributed by atoms with Crippen LogP contribution in [-0.2, 0) is 11.1 Å². The Kier molecular flexibility index (Phi) is 3.05. The average Bonchev–Trinajstić information content (AvgIpc) is 2.16. The summed E-state index contributed by atoms with van der Waals surface area (Å²) in [7, 11) is 0. The van der Waals surface area contributed by atoms with Crippen LogP contribution in [0.15, 0.2) is 28.3 Å². The molecule has 0 aliphatic carbocycles. The van der Waals surface area contributed by atoms with Crippen molar-refractivity contribution in [1.82, 2.24) is 0 Å². The van der Waals surface area contributed by atoms with Gasteiger partial charge in [0.15, 0.2) is 11.1 Å². The molecule has 0 spiro atoms. The predicted molar refractivity (Wildman–Crippen MR) is 47.9 cm³/mol. The Balaban J connectivity index is 3.34. The van der Waals surface area contributed by atoms with E-state index in [4.69, 9.17) is 9.66 Å². The number of carbonyl (C=O) groups is 1. The lowest BCUT2D eigenvalue weighted by Crippen LogP contribution is -1.99. The number of aromatic carboxylic acids is 1. The number of hydrogen-bond donors (Lipinski definition) is 2. The Hall–Kier alpha value is -1.60. The fourth-order valence-corrected chi connectivity index (χ4v) is 1.28. The molecule has 1 atom stereocenters. The molecule has 1 rings (SSSR count). The Labute approximate surface area is 80.8 Å². The van der Waals surface area contributed by atoms with Crippen LogP contribution in [0.3, 0.4) is 0 Å². The lowest BCUT2D eigenvalue weighted by atomic mass is 10.2. The van der Waals surface area contributed by atoms with Crippen LogP contribution < -0.4 is 0 Å². The lowest BCUT2D eigenvalue weighted by Gasteiger charge is -1.99. The molecule has 0 fully saturated rings. The van der Waals surface area contributed by atoms with Crippen molar-refractivity contribution in [2.24, 2.45) is 5.18 Å². The van der Waals surface area contributed by atoms with Gasteiger partial charge in [0.25, 0.3) is 0 Å². The van der Waals surface area contributed by atoms with E-state index in [2.05, 4.69) is 5.18 Å². The molecule has 14 heavy (non-hydrogen) atoms. The van der Waals surface area contributed by atoms with E-state index in [0.29, 0.717) is 0 Å². The second-order valence-electron chi connectivity index (χ2n) is 2.32. The summed E-state index contributed by atoms with van der Waals surface area (Å²) < 4.78 is 19.2. The number of rotatable bonds is 3. The maximum atomic E-state index is 10.6. The minimum absolute atomic E-state index is 0.0881. The number of nitroso groups, excluding NO2 is 1. The van der Waals surface area contributed by atoms with Gasteiger partial charge < -0.3 is 9.66 Å². The van der Waals surface area contributed by atoms with Crippen molar-refractivity contribution in [3.8, 4) is 0 Å². The minimum atomic E-state index is -2.27. The lowest BCUT2D eigenvalue weighted by molar-refractivity contribution is 0.0697. The van der Waals surface area contributed by atoms with Crippen LogP contribution in [0.4, 0.5) is 5.69 Å². The van der Waals surface area contributed by atoms with Crippen LogP contribution >= 0.6 is 0 Å². The summed E-state index contributed by atoms with van der Waals surface area (Å²) in [6.45, 7) is 0. The van der Waals surface area contributed by atoms with Gasteiger partial charge in [-0.25, -0.2) is 9.00 Å². The second kappa shape index (κ2) is 4.07. The standard InChI is InChI=1S/C7H5NO5S/c9-7(10)5-3-4(14(12)13)1-2-6(5)8-11/h1-3H,(H,9,10)(H,12,13). The predicted octanol–water partition coefficient (Wildman–Crippen LogP) is 1.36. The van der Waals surface area contributed by atoms with Gasteiger partial charge in [-0.3, -0.25) is 0 Å². The third-order valence-electron chi connectivity index (χ3n) is 1.50. The molecule has 1 aromatic rings. The molecule has 2 N–H and O–H groups in total. The van der Waals surface area contributed by atoms with E-state index in [-0.39, 0.29) is 16.1 Å². The van der Waals surface area contributed by atoms with E-state index in [9.17, 15) is 13.9 Å². The molecule has 1 aromatic carbocycles. The Morgan fingerprint density at radius 2 is 2.07 bits per heavy atom. The summed E-state index contributed by atoms with van der Waals surface area (Å²) >= 11 is -2.27. The number of benzene rings is 1. The van der Waals surface area contributed by atoms with Gasteiger partial charge in [-0.05, 0) is 23.4 Å². The Morgan fingerprint density at radius 1 is 1.43 bits per heavy atom. The van der Waals surface area contributed by atoms with Crippen LogP contribution in [0.1, 0.15) is 10.4 Å². The van der Waals surface area contributed by atoms with Gasteiger partial charge in [0, 0.05) is 0 Å².